The molecule has 0 bridgehead atoms. The smallest absolute Gasteiger partial charge is 0.0998 e. The lowest BCUT2D eigenvalue weighted by molar-refractivity contribution is 1.31. The van der Waals surface area contributed by atoms with Crippen LogP contribution in [0.5, 0.6) is 0 Å². The second-order valence-electron chi connectivity index (χ2n) is 2.79. The van der Waals surface area contributed by atoms with Crippen LogP contribution in [-0.2, 0) is 0 Å². The molecule has 0 atom stereocenters. The average molecular weight is 179 g/mol. The third kappa shape index (κ3) is 1.48. The highest BCUT2D eigenvalue weighted by molar-refractivity contribution is 5.66. The summed E-state index contributed by atoms with van der Waals surface area (Å²) in [7, 11) is 0. The molecule has 1 heterocycles. The van der Waals surface area contributed by atoms with Gasteiger partial charge in [-0.1, -0.05) is 24.3 Å². The predicted octanol–water partition coefficient (Wildman–Crippen LogP) is 2.42. The van der Waals surface area contributed by atoms with Crippen molar-refractivity contribution in [2.45, 2.75) is 0 Å². The molecule has 1 aromatic heterocycles. The van der Waals surface area contributed by atoms with Gasteiger partial charge in [0.25, 0.3) is 0 Å². The number of pyridine rings is 1. The minimum Gasteiger partial charge on any atom is -0.256 e. The molecule has 2 nitrogen and oxygen atoms in total. The summed E-state index contributed by atoms with van der Waals surface area (Å²) in [6, 6.07) is 16.1. The van der Waals surface area contributed by atoms with Gasteiger partial charge in [0.15, 0.2) is 0 Å². The van der Waals surface area contributed by atoms with Crippen LogP contribution in [0.25, 0.3) is 11.3 Å². The Morgan fingerprint density at radius 1 is 1.21 bits per heavy atom. The van der Waals surface area contributed by atoms with Gasteiger partial charge in [-0.3, -0.25) is 4.98 Å². The van der Waals surface area contributed by atoms with Crippen molar-refractivity contribution < 1.29 is 0 Å². The van der Waals surface area contributed by atoms with E-state index in [4.69, 9.17) is 5.26 Å². The summed E-state index contributed by atoms with van der Waals surface area (Å²) in [6.45, 7) is 0. The van der Waals surface area contributed by atoms with E-state index in [0.29, 0.717) is 11.3 Å². The first-order chi connectivity index (χ1) is 6.92. The van der Waals surface area contributed by atoms with Gasteiger partial charge in [0.05, 0.1) is 17.3 Å². The summed E-state index contributed by atoms with van der Waals surface area (Å²) in [5, 5.41) is 8.89. The Labute approximate surface area is 82.5 Å². The lowest BCUT2D eigenvalue weighted by Crippen LogP contribution is -1.86. The van der Waals surface area contributed by atoms with Gasteiger partial charge in [-0.05, 0) is 12.1 Å². The van der Waals surface area contributed by atoms with E-state index >= 15 is 0 Å². The van der Waals surface area contributed by atoms with Crippen molar-refractivity contribution in [3.63, 3.8) is 0 Å². The third-order valence-corrected chi connectivity index (χ3v) is 1.91. The molecular formula is C12H7N2. The molecule has 2 rings (SSSR count). The second-order valence-corrected chi connectivity index (χ2v) is 2.79. The molecule has 2 aromatic rings. The maximum atomic E-state index is 8.89. The molecule has 0 fully saturated rings. The van der Waals surface area contributed by atoms with Crippen LogP contribution < -0.4 is 0 Å². The van der Waals surface area contributed by atoms with Crippen LogP contribution in [0.3, 0.4) is 0 Å². The molecular weight excluding hydrogens is 172 g/mol. The van der Waals surface area contributed by atoms with E-state index in [1.165, 1.54) is 0 Å². The average Bonchev–Trinajstić information content (AvgIpc) is 2.30. The normalized spacial score (nSPS) is 9.36. The number of nitrogens with zero attached hydrogens (tertiary/aromatic N) is 2. The zero-order valence-electron chi connectivity index (χ0n) is 7.44. The number of benzene rings is 1. The Morgan fingerprint density at radius 2 is 2.07 bits per heavy atom. The number of hydrogen-bond acceptors (Lipinski definition) is 2. The van der Waals surface area contributed by atoms with Crippen molar-refractivity contribution >= 4 is 0 Å². The van der Waals surface area contributed by atoms with Crippen LogP contribution in [0.2, 0.25) is 0 Å². The van der Waals surface area contributed by atoms with Gasteiger partial charge in [0, 0.05) is 17.8 Å². The van der Waals surface area contributed by atoms with Crippen LogP contribution in [0, 0.1) is 17.4 Å². The van der Waals surface area contributed by atoms with E-state index < -0.39 is 0 Å². The molecule has 0 saturated carbocycles. The van der Waals surface area contributed by atoms with Gasteiger partial charge in [0.1, 0.15) is 0 Å². The Morgan fingerprint density at radius 3 is 2.79 bits per heavy atom. The zero-order valence-corrected chi connectivity index (χ0v) is 7.44. The molecule has 14 heavy (non-hydrogen) atoms. The summed E-state index contributed by atoms with van der Waals surface area (Å²) in [6.07, 6.45) is 1.69. The van der Waals surface area contributed by atoms with Crippen LogP contribution in [-0.4, -0.2) is 4.98 Å². The monoisotopic (exact) mass is 179 g/mol. The molecule has 0 unspecified atom stereocenters. The molecule has 0 spiro atoms. The van der Waals surface area contributed by atoms with Gasteiger partial charge in [-0.2, -0.15) is 5.26 Å². The van der Waals surface area contributed by atoms with Crippen molar-refractivity contribution in [1.29, 1.82) is 5.26 Å². The van der Waals surface area contributed by atoms with E-state index in [9.17, 15) is 0 Å². The summed E-state index contributed by atoms with van der Waals surface area (Å²) in [5.41, 5.74) is 2.17. The van der Waals surface area contributed by atoms with E-state index in [1.807, 2.05) is 18.2 Å². The fraction of sp³-hybridized carbons (Fsp3) is 0. The number of nitriles is 1. The predicted molar refractivity (Wildman–Crippen MR) is 53.2 cm³/mol. The largest absolute Gasteiger partial charge is 0.256 e. The number of aromatic nitrogens is 1. The Balaban J connectivity index is 2.58. The molecule has 65 valence electrons. The first kappa shape index (κ1) is 8.46. The number of rotatable bonds is 1. The standard InChI is InChI=1S/C12H7N2/c13-9-10-5-1-2-6-11(10)12-7-3-4-8-14-12/h1-6,8H. The molecule has 0 saturated heterocycles. The first-order valence-corrected chi connectivity index (χ1v) is 4.24. The third-order valence-electron chi connectivity index (χ3n) is 1.91. The maximum Gasteiger partial charge on any atom is 0.0998 e. The molecule has 1 radical (unpaired) electrons. The quantitative estimate of drug-likeness (QED) is 0.674. The summed E-state index contributed by atoms with van der Waals surface area (Å²) >= 11 is 0. The maximum absolute atomic E-state index is 8.89. The molecule has 0 aliphatic carbocycles. The first-order valence-electron chi connectivity index (χ1n) is 4.24. The van der Waals surface area contributed by atoms with Crippen molar-refractivity contribution in [1.82, 2.24) is 4.98 Å². The molecule has 0 aliphatic rings. The van der Waals surface area contributed by atoms with Gasteiger partial charge in [-0.15, -0.1) is 0 Å². The topological polar surface area (TPSA) is 36.7 Å². The van der Waals surface area contributed by atoms with Crippen LogP contribution in [0.1, 0.15) is 5.56 Å². The van der Waals surface area contributed by atoms with Crippen molar-refractivity contribution in [2.75, 3.05) is 0 Å². The fourth-order valence-corrected chi connectivity index (χ4v) is 1.26. The highest BCUT2D eigenvalue weighted by Crippen LogP contribution is 2.19. The highest BCUT2D eigenvalue weighted by Gasteiger charge is 2.03. The van der Waals surface area contributed by atoms with Gasteiger partial charge < -0.3 is 0 Å². The summed E-state index contributed by atoms with van der Waals surface area (Å²) < 4.78 is 0. The van der Waals surface area contributed by atoms with Crippen LogP contribution in [0.15, 0.2) is 42.6 Å². The van der Waals surface area contributed by atoms with Gasteiger partial charge in [0.2, 0.25) is 0 Å². The Kier molecular flexibility index (Phi) is 2.24. The zero-order chi connectivity index (χ0) is 9.80. The van der Waals surface area contributed by atoms with Crippen molar-refractivity contribution in [2.24, 2.45) is 0 Å². The van der Waals surface area contributed by atoms with Crippen LogP contribution >= 0.6 is 0 Å². The minimum absolute atomic E-state index is 0.627. The van der Waals surface area contributed by atoms with E-state index in [2.05, 4.69) is 17.1 Å². The van der Waals surface area contributed by atoms with E-state index in [0.717, 1.165) is 5.56 Å². The molecule has 0 aliphatic heterocycles. The molecule has 0 N–H and O–H groups in total. The fourth-order valence-electron chi connectivity index (χ4n) is 1.26. The van der Waals surface area contributed by atoms with Crippen molar-refractivity contribution in [3.8, 4) is 17.3 Å². The van der Waals surface area contributed by atoms with Crippen molar-refractivity contribution in [3.05, 3.63) is 54.2 Å². The lowest BCUT2D eigenvalue weighted by Gasteiger charge is -2.00. The Bertz CT molecular complexity index is 469. The van der Waals surface area contributed by atoms with Crippen LogP contribution in [0.4, 0.5) is 0 Å². The minimum atomic E-state index is 0.627. The lowest BCUT2D eigenvalue weighted by atomic mass is 10.1. The van der Waals surface area contributed by atoms with Gasteiger partial charge >= 0.3 is 0 Å². The molecule has 2 heteroatoms. The summed E-state index contributed by atoms with van der Waals surface area (Å²) in [4.78, 5) is 4.15. The SMILES string of the molecule is N#Cc1ccccc1-c1[c]cccn1. The van der Waals surface area contributed by atoms with E-state index in [1.54, 1.807) is 24.4 Å². The van der Waals surface area contributed by atoms with E-state index in [-0.39, 0.29) is 0 Å². The van der Waals surface area contributed by atoms with Gasteiger partial charge in [-0.25, -0.2) is 0 Å². The second kappa shape index (κ2) is 3.71. The number of hydrogen-bond donors (Lipinski definition) is 0. The molecule has 1 aromatic carbocycles. The summed E-state index contributed by atoms with van der Waals surface area (Å²) in [5.74, 6) is 0. The Hall–Kier alpha value is -2.14. The molecule has 0 amide bonds. The highest BCUT2D eigenvalue weighted by atomic mass is 14.7.